The Morgan fingerprint density at radius 1 is 0.977 bits per heavy atom. The summed E-state index contributed by atoms with van der Waals surface area (Å²) in [6, 6.07) is 18.8. The van der Waals surface area contributed by atoms with E-state index in [4.69, 9.17) is 9.47 Å². The van der Waals surface area contributed by atoms with Gasteiger partial charge in [-0.1, -0.05) is 36.4 Å². The fourth-order valence-corrected chi connectivity index (χ4v) is 5.08. The number of nitrogens with zero attached hydrogens (tertiary/aromatic N) is 1. The van der Waals surface area contributed by atoms with Crippen LogP contribution in [-0.4, -0.2) is 52.7 Å². The molecule has 9 nitrogen and oxygen atoms in total. The smallest absolute Gasteiger partial charge is 0.408 e. The Hall–Kier alpha value is -4.53. The molecule has 0 aromatic heterocycles. The fourth-order valence-electron chi connectivity index (χ4n) is 5.08. The summed E-state index contributed by atoms with van der Waals surface area (Å²) >= 11 is 0. The highest BCUT2D eigenvalue weighted by Gasteiger charge is 2.42. The molecule has 1 aliphatic carbocycles. The second-order valence-electron chi connectivity index (χ2n) is 11.9. The summed E-state index contributed by atoms with van der Waals surface area (Å²) in [6.45, 7) is 7.17. The number of carbonyl (C=O) groups excluding carboxylic acids is 3. The number of ether oxygens (including phenoxy) is 2. The maximum absolute atomic E-state index is 14.6. The zero-order chi connectivity index (χ0) is 31.1. The van der Waals surface area contributed by atoms with Crippen molar-refractivity contribution in [1.29, 1.82) is 0 Å². The van der Waals surface area contributed by atoms with Crippen molar-refractivity contribution in [1.82, 2.24) is 10.2 Å². The number of phenols is 1. The van der Waals surface area contributed by atoms with E-state index in [1.165, 1.54) is 12.1 Å². The third-order valence-corrected chi connectivity index (χ3v) is 7.45. The minimum absolute atomic E-state index is 0.0950. The van der Waals surface area contributed by atoms with Crippen molar-refractivity contribution >= 4 is 23.6 Å². The maximum atomic E-state index is 14.6. The van der Waals surface area contributed by atoms with E-state index < -0.39 is 23.8 Å². The topological polar surface area (TPSA) is 117 Å². The molecule has 4 rings (SSSR count). The highest BCUT2D eigenvalue weighted by molar-refractivity contribution is 5.99. The van der Waals surface area contributed by atoms with E-state index >= 15 is 0 Å². The molecule has 228 valence electrons. The number of benzene rings is 3. The van der Waals surface area contributed by atoms with Gasteiger partial charge in [0.1, 0.15) is 29.2 Å². The monoisotopic (exact) mass is 587 g/mol. The van der Waals surface area contributed by atoms with Gasteiger partial charge in [0.2, 0.25) is 5.91 Å². The van der Waals surface area contributed by atoms with Gasteiger partial charge in [-0.2, -0.15) is 0 Å². The van der Waals surface area contributed by atoms with Crippen molar-refractivity contribution in [2.45, 2.75) is 77.1 Å². The molecular weight excluding hydrogens is 546 g/mol. The number of hydrogen-bond donors (Lipinski definition) is 3. The van der Waals surface area contributed by atoms with E-state index in [2.05, 4.69) is 10.6 Å². The number of nitrogens with one attached hydrogen (secondary N) is 2. The molecule has 2 unspecified atom stereocenters. The van der Waals surface area contributed by atoms with Crippen LogP contribution in [0.1, 0.15) is 62.8 Å². The Balaban J connectivity index is 1.74. The van der Waals surface area contributed by atoms with Gasteiger partial charge in [-0.3, -0.25) is 9.59 Å². The summed E-state index contributed by atoms with van der Waals surface area (Å²) < 4.78 is 10.8. The van der Waals surface area contributed by atoms with Crippen LogP contribution < -0.4 is 15.4 Å². The molecule has 9 heteroatoms. The lowest BCUT2D eigenvalue weighted by atomic mass is 9.87. The number of carbonyl (C=O) groups is 3. The molecule has 3 amide bonds. The summed E-state index contributed by atoms with van der Waals surface area (Å²) in [5, 5.41) is 15.6. The first-order chi connectivity index (χ1) is 20.4. The summed E-state index contributed by atoms with van der Waals surface area (Å²) in [7, 11) is 1.57. The van der Waals surface area contributed by atoms with Crippen LogP contribution in [0.25, 0.3) is 0 Å². The molecule has 0 bridgehead atoms. The van der Waals surface area contributed by atoms with Crippen LogP contribution in [0.3, 0.4) is 0 Å². The number of hydrogen-bond acceptors (Lipinski definition) is 6. The quantitative estimate of drug-likeness (QED) is 0.272. The van der Waals surface area contributed by atoms with E-state index in [9.17, 15) is 19.5 Å². The zero-order valence-electron chi connectivity index (χ0n) is 25.4. The average Bonchev–Trinajstić information content (AvgIpc) is 2.92. The van der Waals surface area contributed by atoms with Crippen molar-refractivity contribution in [3.8, 4) is 11.5 Å². The molecule has 43 heavy (non-hydrogen) atoms. The van der Waals surface area contributed by atoms with Crippen LogP contribution in [0.2, 0.25) is 0 Å². The van der Waals surface area contributed by atoms with Gasteiger partial charge in [0.05, 0.1) is 7.11 Å². The Bertz CT molecular complexity index is 1410. The molecule has 0 aliphatic heterocycles. The predicted octanol–water partition coefficient (Wildman–Crippen LogP) is 5.91. The third kappa shape index (κ3) is 8.28. The number of phenolic OH excluding ortho intramolecular Hbond substituents is 1. The molecule has 2 atom stereocenters. The van der Waals surface area contributed by atoms with E-state index in [0.29, 0.717) is 17.0 Å². The predicted molar refractivity (Wildman–Crippen MR) is 165 cm³/mol. The van der Waals surface area contributed by atoms with Gasteiger partial charge >= 0.3 is 6.09 Å². The van der Waals surface area contributed by atoms with Crippen LogP contribution in [0.4, 0.5) is 10.5 Å². The number of aromatic hydroxyl groups is 1. The first kappa shape index (κ1) is 31.4. The average molecular weight is 588 g/mol. The SMILES string of the molecule is COc1ccc(NC(=O)C(c2ccccc2C)N(C(=O)C(Cc2ccc(O)cc2)NC(=O)OC(C)(C)C)C2CCC2)cc1. The molecule has 3 N–H and O–H groups in total. The minimum atomic E-state index is -1.03. The first-order valence-corrected chi connectivity index (χ1v) is 14.5. The highest BCUT2D eigenvalue weighted by atomic mass is 16.6. The lowest BCUT2D eigenvalue weighted by molar-refractivity contribution is -0.145. The molecular formula is C34H41N3O6. The molecule has 0 saturated heterocycles. The van der Waals surface area contributed by atoms with Gasteiger partial charge in [-0.05, 0) is 100 Å². The van der Waals surface area contributed by atoms with Gasteiger partial charge in [0.25, 0.3) is 5.91 Å². The van der Waals surface area contributed by atoms with Crippen molar-refractivity contribution in [2.24, 2.45) is 0 Å². The number of aryl methyl sites for hydroxylation is 1. The minimum Gasteiger partial charge on any atom is -0.508 e. The van der Waals surface area contributed by atoms with Crippen LogP contribution in [-0.2, 0) is 20.7 Å². The van der Waals surface area contributed by atoms with Crippen LogP contribution in [0, 0.1) is 6.92 Å². The molecule has 3 aromatic rings. The maximum Gasteiger partial charge on any atom is 0.408 e. The van der Waals surface area contributed by atoms with E-state index in [1.54, 1.807) is 69.2 Å². The van der Waals surface area contributed by atoms with E-state index in [1.807, 2.05) is 31.2 Å². The van der Waals surface area contributed by atoms with Crippen LogP contribution >= 0.6 is 0 Å². The van der Waals surface area contributed by atoms with Crippen molar-refractivity contribution in [3.63, 3.8) is 0 Å². The normalized spacial score (nSPS) is 14.5. The van der Waals surface area contributed by atoms with Gasteiger partial charge in [0, 0.05) is 18.2 Å². The van der Waals surface area contributed by atoms with Crippen LogP contribution in [0.15, 0.2) is 72.8 Å². The lowest BCUT2D eigenvalue weighted by Gasteiger charge is -2.44. The van der Waals surface area contributed by atoms with Gasteiger partial charge in [-0.15, -0.1) is 0 Å². The molecule has 0 spiro atoms. The van der Waals surface area contributed by atoms with Crippen LogP contribution in [0.5, 0.6) is 11.5 Å². The van der Waals surface area contributed by atoms with Crippen molar-refractivity contribution in [2.75, 3.05) is 12.4 Å². The molecule has 1 fully saturated rings. The van der Waals surface area contributed by atoms with E-state index in [0.717, 1.165) is 30.4 Å². The Labute approximate surface area is 253 Å². The fraction of sp³-hybridized carbons (Fsp3) is 0.382. The number of methoxy groups -OCH3 is 1. The van der Waals surface area contributed by atoms with E-state index in [-0.39, 0.29) is 30.0 Å². The zero-order valence-corrected chi connectivity index (χ0v) is 25.4. The second-order valence-corrected chi connectivity index (χ2v) is 11.9. The molecule has 1 saturated carbocycles. The number of anilines is 1. The number of alkyl carbamates (subject to hydrolysis) is 1. The lowest BCUT2D eigenvalue weighted by Crippen LogP contribution is -2.57. The Kier molecular flexibility index (Phi) is 9.95. The summed E-state index contributed by atoms with van der Waals surface area (Å²) in [5.74, 6) is 0.00444. The summed E-state index contributed by atoms with van der Waals surface area (Å²) in [4.78, 5) is 43.4. The molecule has 1 aliphatic rings. The summed E-state index contributed by atoms with van der Waals surface area (Å²) in [5.41, 5.74) is 2.10. The van der Waals surface area contributed by atoms with Gasteiger partial charge in [0.15, 0.2) is 0 Å². The Morgan fingerprint density at radius 3 is 2.19 bits per heavy atom. The number of amides is 3. The standard InChI is InChI=1S/C34H41N3O6/c1-22-9-6-7-12-28(22)30(31(39)35-24-15-19-27(42-5)20-16-24)37(25-10-8-11-25)32(40)29(36-33(41)43-34(2,3)4)21-23-13-17-26(38)18-14-23/h6-7,9,12-20,25,29-30,38H,8,10-11,21H2,1-5H3,(H,35,39)(H,36,41). The first-order valence-electron chi connectivity index (χ1n) is 14.5. The summed E-state index contributed by atoms with van der Waals surface area (Å²) in [6.07, 6.45) is 1.82. The number of rotatable bonds is 10. The highest BCUT2D eigenvalue weighted by Crippen LogP contribution is 2.36. The van der Waals surface area contributed by atoms with Crippen molar-refractivity contribution in [3.05, 3.63) is 89.5 Å². The van der Waals surface area contributed by atoms with Gasteiger partial charge in [-0.25, -0.2) is 4.79 Å². The second kappa shape index (κ2) is 13.6. The van der Waals surface area contributed by atoms with Gasteiger partial charge < -0.3 is 30.1 Å². The van der Waals surface area contributed by atoms with Crippen molar-refractivity contribution < 1.29 is 29.0 Å². The molecule has 0 heterocycles. The largest absolute Gasteiger partial charge is 0.508 e. The molecule has 0 radical (unpaired) electrons. The Morgan fingerprint density at radius 2 is 1.63 bits per heavy atom. The molecule has 3 aromatic carbocycles. The third-order valence-electron chi connectivity index (χ3n) is 7.45.